The van der Waals surface area contributed by atoms with E-state index in [2.05, 4.69) is 20.7 Å². The van der Waals surface area contributed by atoms with Crippen molar-refractivity contribution >= 4 is 48.9 Å². The number of rotatable bonds is 3. The molecule has 2 aromatic rings. The average molecular weight is 394 g/mol. The predicted molar refractivity (Wildman–Crippen MR) is 85.5 cm³/mol. The van der Waals surface area contributed by atoms with Crippen LogP contribution in [0, 0.1) is 12.7 Å². The van der Waals surface area contributed by atoms with E-state index in [9.17, 15) is 12.8 Å². The van der Waals surface area contributed by atoms with Gasteiger partial charge in [0.2, 0.25) is 0 Å². The highest BCUT2D eigenvalue weighted by Gasteiger charge is 2.21. The Bertz CT molecular complexity index is 812. The van der Waals surface area contributed by atoms with E-state index in [1.54, 1.807) is 25.1 Å². The van der Waals surface area contributed by atoms with Crippen LogP contribution in [0.15, 0.2) is 39.7 Å². The second-order valence-electron chi connectivity index (χ2n) is 4.39. The Hall–Kier alpha value is -1.31. The van der Waals surface area contributed by atoms with Crippen molar-refractivity contribution in [1.29, 1.82) is 0 Å². The summed E-state index contributed by atoms with van der Waals surface area (Å²) in [6.45, 7) is 1.80. The molecule has 0 aromatic heterocycles. The molecule has 0 saturated carbocycles. The molecule has 8 heteroatoms. The molecule has 0 amide bonds. The predicted octanol–water partition coefficient (Wildman–Crippen LogP) is 3.93. The Morgan fingerprint density at radius 3 is 2.62 bits per heavy atom. The van der Waals surface area contributed by atoms with Gasteiger partial charge < -0.3 is 5.73 Å². The second kappa shape index (κ2) is 5.82. The number of hydrogen-bond acceptors (Lipinski definition) is 3. The Labute approximate surface area is 135 Å². The number of aryl methyl sites for hydroxylation is 1. The van der Waals surface area contributed by atoms with Crippen LogP contribution in [0.1, 0.15) is 5.56 Å². The van der Waals surface area contributed by atoms with E-state index in [-0.39, 0.29) is 25.8 Å². The van der Waals surface area contributed by atoms with Gasteiger partial charge in [-0.15, -0.1) is 0 Å². The van der Waals surface area contributed by atoms with Gasteiger partial charge in [0, 0.05) is 0 Å². The fourth-order valence-electron chi connectivity index (χ4n) is 1.69. The van der Waals surface area contributed by atoms with Crippen LogP contribution in [0.2, 0.25) is 5.02 Å². The highest BCUT2D eigenvalue weighted by molar-refractivity contribution is 9.10. The first kappa shape index (κ1) is 16.1. The molecule has 112 valence electrons. The summed E-state index contributed by atoms with van der Waals surface area (Å²) < 4.78 is 40.4. The lowest BCUT2D eigenvalue weighted by atomic mass is 10.2. The number of nitrogen functional groups attached to an aromatic ring is 1. The number of sulfonamides is 1. The Kier molecular flexibility index (Phi) is 4.46. The van der Waals surface area contributed by atoms with Gasteiger partial charge in [-0.3, -0.25) is 4.72 Å². The van der Waals surface area contributed by atoms with Gasteiger partial charge in [0.25, 0.3) is 10.0 Å². The smallest absolute Gasteiger partial charge is 0.264 e. The van der Waals surface area contributed by atoms with Gasteiger partial charge in [-0.25, -0.2) is 12.8 Å². The summed E-state index contributed by atoms with van der Waals surface area (Å²) in [6.07, 6.45) is 0. The van der Waals surface area contributed by atoms with Crippen LogP contribution in [0.4, 0.5) is 15.8 Å². The number of hydrogen-bond donors (Lipinski definition) is 2. The van der Waals surface area contributed by atoms with E-state index in [4.69, 9.17) is 17.3 Å². The topological polar surface area (TPSA) is 72.2 Å². The minimum absolute atomic E-state index is 0.00686. The third kappa shape index (κ3) is 3.48. The van der Waals surface area contributed by atoms with E-state index >= 15 is 0 Å². The number of nitrogens with one attached hydrogen (secondary N) is 1. The lowest BCUT2D eigenvalue weighted by molar-refractivity contribution is 0.599. The van der Waals surface area contributed by atoms with Crippen LogP contribution < -0.4 is 10.5 Å². The van der Waals surface area contributed by atoms with Gasteiger partial charge in [-0.05, 0) is 52.7 Å². The molecule has 2 aromatic carbocycles. The summed E-state index contributed by atoms with van der Waals surface area (Å²) in [7, 11) is -3.98. The zero-order chi connectivity index (χ0) is 15.8. The number of nitrogens with two attached hydrogens (primary N) is 1. The minimum Gasteiger partial charge on any atom is -0.398 e. The van der Waals surface area contributed by atoms with Crippen LogP contribution in [0.3, 0.4) is 0 Å². The fourth-order valence-corrected chi connectivity index (χ4v) is 3.62. The van der Waals surface area contributed by atoms with Crippen LogP contribution in [-0.4, -0.2) is 8.42 Å². The third-order valence-corrected chi connectivity index (χ3v) is 5.07. The third-order valence-electron chi connectivity index (χ3n) is 2.71. The summed E-state index contributed by atoms with van der Waals surface area (Å²) in [4.78, 5) is -0.228. The van der Waals surface area contributed by atoms with Crippen molar-refractivity contribution in [3.05, 3.63) is 51.2 Å². The van der Waals surface area contributed by atoms with Crippen LogP contribution in [0.25, 0.3) is 0 Å². The van der Waals surface area contributed by atoms with Gasteiger partial charge in [-0.1, -0.05) is 17.7 Å². The molecule has 2 rings (SSSR count). The van der Waals surface area contributed by atoms with Gasteiger partial charge in [0.05, 0.1) is 20.9 Å². The maximum absolute atomic E-state index is 13.3. The molecule has 0 bridgehead atoms. The molecule has 0 aliphatic heterocycles. The molecule has 0 fully saturated rings. The molecule has 0 heterocycles. The lowest BCUT2D eigenvalue weighted by Crippen LogP contribution is -2.15. The highest BCUT2D eigenvalue weighted by Crippen LogP contribution is 2.30. The Morgan fingerprint density at radius 1 is 1.29 bits per heavy atom. The monoisotopic (exact) mass is 392 g/mol. The van der Waals surface area contributed by atoms with Crippen molar-refractivity contribution in [2.45, 2.75) is 11.8 Å². The first-order valence-corrected chi connectivity index (χ1v) is 8.39. The molecule has 0 saturated heterocycles. The number of benzene rings is 2. The van der Waals surface area contributed by atoms with Crippen LogP contribution in [0.5, 0.6) is 0 Å². The fraction of sp³-hybridized carbons (Fsp3) is 0.0769. The Morgan fingerprint density at radius 2 is 1.95 bits per heavy atom. The first-order chi connectivity index (χ1) is 9.70. The molecule has 0 spiro atoms. The summed E-state index contributed by atoms with van der Waals surface area (Å²) in [5.41, 5.74) is 6.47. The van der Waals surface area contributed by atoms with E-state index in [1.807, 2.05) is 0 Å². The molecule has 3 N–H and O–H groups in total. The molecule has 21 heavy (non-hydrogen) atoms. The molecular weight excluding hydrogens is 383 g/mol. The summed E-state index contributed by atoms with van der Waals surface area (Å²) in [5.74, 6) is -0.639. The zero-order valence-corrected chi connectivity index (χ0v) is 14.0. The zero-order valence-electron chi connectivity index (χ0n) is 10.8. The van der Waals surface area contributed by atoms with Gasteiger partial charge in [-0.2, -0.15) is 0 Å². The van der Waals surface area contributed by atoms with Gasteiger partial charge in [0.1, 0.15) is 10.7 Å². The van der Waals surface area contributed by atoms with Crippen molar-refractivity contribution in [3.63, 3.8) is 0 Å². The van der Waals surface area contributed by atoms with Crippen molar-refractivity contribution in [3.8, 4) is 0 Å². The van der Waals surface area contributed by atoms with Crippen molar-refractivity contribution < 1.29 is 12.8 Å². The second-order valence-corrected chi connectivity index (χ2v) is 7.31. The quantitative estimate of drug-likeness (QED) is 0.776. The van der Waals surface area contributed by atoms with Crippen LogP contribution in [-0.2, 0) is 10.0 Å². The van der Waals surface area contributed by atoms with Crippen molar-refractivity contribution in [2.75, 3.05) is 10.5 Å². The normalized spacial score (nSPS) is 11.4. The van der Waals surface area contributed by atoms with Crippen molar-refractivity contribution in [2.24, 2.45) is 0 Å². The van der Waals surface area contributed by atoms with E-state index in [0.717, 1.165) is 17.7 Å². The number of anilines is 2. The largest absolute Gasteiger partial charge is 0.398 e. The SMILES string of the molecule is Cc1ccc(Cl)c(NS(=O)(=O)c2cc(Br)c(F)cc2N)c1. The maximum atomic E-state index is 13.3. The maximum Gasteiger partial charge on any atom is 0.264 e. The number of halogens is 3. The van der Waals surface area contributed by atoms with Gasteiger partial charge >= 0.3 is 0 Å². The van der Waals surface area contributed by atoms with Gasteiger partial charge in [0.15, 0.2) is 0 Å². The lowest BCUT2D eigenvalue weighted by Gasteiger charge is -2.12. The highest BCUT2D eigenvalue weighted by atomic mass is 79.9. The minimum atomic E-state index is -3.98. The average Bonchev–Trinajstić information content (AvgIpc) is 2.37. The Balaban J connectivity index is 2.48. The molecule has 0 radical (unpaired) electrons. The first-order valence-electron chi connectivity index (χ1n) is 5.74. The molecule has 4 nitrogen and oxygen atoms in total. The summed E-state index contributed by atoms with van der Waals surface area (Å²) in [6, 6.07) is 6.98. The molecular formula is C13H11BrClFN2O2S. The molecule has 0 unspecified atom stereocenters. The molecule has 0 aliphatic rings. The summed E-state index contributed by atoms with van der Waals surface area (Å²) >= 11 is 8.89. The van der Waals surface area contributed by atoms with E-state index in [0.29, 0.717) is 0 Å². The standard InChI is InChI=1S/C13H11BrClFN2O2S/c1-7-2-3-9(15)12(4-7)18-21(19,20)13-5-8(14)10(16)6-11(13)17/h2-6,18H,17H2,1H3. The van der Waals surface area contributed by atoms with E-state index in [1.165, 1.54) is 0 Å². The summed E-state index contributed by atoms with van der Waals surface area (Å²) in [5, 5.41) is 0.254. The van der Waals surface area contributed by atoms with Crippen LogP contribution >= 0.6 is 27.5 Å². The van der Waals surface area contributed by atoms with E-state index < -0.39 is 15.8 Å². The van der Waals surface area contributed by atoms with Crippen molar-refractivity contribution in [1.82, 2.24) is 0 Å². The molecule has 0 atom stereocenters. The molecule has 0 aliphatic carbocycles.